The Bertz CT molecular complexity index is 1140. The molecule has 2 aromatic carbocycles. The maximum Gasteiger partial charge on any atom is 0.340 e. The highest BCUT2D eigenvalue weighted by atomic mass is 32.2. The van der Waals surface area contributed by atoms with Crippen LogP contribution in [0.25, 0.3) is 5.69 Å². The van der Waals surface area contributed by atoms with Crippen molar-refractivity contribution in [3.05, 3.63) is 71.5 Å². The molecule has 3 N–H and O–H groups in total. The fraction of sp³-hybridized carbons (Fsp3) is 0.375. The van der Waals surface area contributed by atoms with E-state index in [1.165, 1.54) is 23.6 Å². The fourth-order valence-electron chi connectivity index (χ4n) is 3.72. The number of aryl methyl sites for hydroxylation is 1. The van der Waals surface area contributed by atoms with Gasteiger partial charge in [0.05, 0.1) is 37.8 Å². The van der Waals surface area contributed by atoms with E-state index < -0.39 is 42.4 Å². The average molecular weight is 502 g/mol. The molecule has 1 aliphatic rings. The van der Waals surface area contributed by atoms with Crippen molar-refractivity contribution in [2.24, 2.45) is 0 Å². The highest BCUT2D eigenvalue weighted by Gasteiger charge is 2.45. The molecule has 1 aliphatic heterocycles. The van der Waals surface area contributed by atoms with Crippen LogP contribution in [0.15, 0.2) is 59.6 Å². The lowest BCUT2D eigenvalue weighted by Gasteiger charge is -2.41. The van der Waals surface area contributed by atoms with Gasteiger partial charge in [-0.25, -0.2) is 9.48 Å². The van der Waals surface area contributed by atoms with Crippen LogP contribution in [0.4, 0.5) is 0 Å². The fourth-order valence-corrected chi connectivity index (χ4v) is 4.77. The number of aromatic nitrogens is 3. The van der Waals surface area contributed by atoms with Crippen molar-refractivity contribution in [2.75, 3.05) is 13.7 Å². The van der Waals surface area contributed by atoms with Gasteiger partial charge in [-0.05, 0) is 31.2 Å². The Morgan fingerprint density at radius 1 is 1.14 bits per heavy atom. The third kappa shape index (κ3) is 5.72. The third-order valence-electron chi connectivity index (χ3n) is 5.62. The van der Waals surface area contributed by atoms with Gasteiger partial charge in [0, 0.05) is 4.90 Å². The summed E-state index contributed by atoms with van der Waals surface area (Å²) in [5.41, 5.74) is 1.57. The second-order valence-electron chi connectivity index (χ2n) is 8.08. The zero-order valence-corrected chi connectivity index (χ0v) is 20.0. The normalized spacial score (nSPS) is 24.3. The quantitative estimate of drug-likeness (QED) is 0.389. The van der Waals surface area contributed by atoms with Crippen LogP contribution in [0.1, 0.15) is 21.6 Å². The molecule has 0 aliphatic carbocycles. The summed E-state index contributed by atoms with van der Waals surface area (Å²) in [6.07, 6.45) is -2.79. The molecule has 186 valence electrons. The Morgan fingerprint density at radius 3 is 2.60 bits per heavy atom. The maximum atomic E-state index is 12.1. The van der Waals surface area contributed by atoms with E-state index in [1.807, 2.05) is 31.2 Å². The number of carbonyl (C=O) groups is 1. The highest BCUT2D eigenvalue weighted by molar-refractivity contribution is 7.99. The Kier molecular flexibility index (Phi) is 8.16. The molecule has 0 spiro atoms. The van der Waals surface area contributed by atoms with Gasteiger partial charge in [-0.3, -0.25) is 0 Å². The van der Waals surface area contributed by atoms with Crippen LogP contribution in [-0.2, 0) is 20.8 Å². The van der Waals surface area contributed by atoms with Crippen LogP contribution < -0.4 is 0 Å². The summed E-state index contributed by atoms with van der Waals surface area (Å²) in [5.74, 6) is -0.505. The minimum atomic E-state index is -1.25. The Balaban J connectivity index is 1.47. The van der Waals surface area contributed by atoms with Crippen molar-refractivity contribution < 1.29 is 34.3 Å². The van der Waals surface area contributed by atoms with E-state index in [4.69, 9.17) is 14.2 Å². The number of para-hydroxylation sites is 1. The van der Waals surface area contributed by atoms with Crippen LogP contribution in [0.3, 0.4) is 0 Å². The van der Waals surface area contributed by atoms with Crippen molar-refractivity contribution in [1.29, 1.82) is 0 Å². The molecule has 11 heteroatoms. The van der Waals surface area contributed by atoms with Crippen molar-refractivity contribution in [3.8, 4) is 5.69 Å². The van der Waals surface area contributed by atoms with E-state index in [0.717, 1.165) is 10.5 Å². The van der Waals surface area contributed by atoms with Crippen LogP contribution in [-0.4, -0.2) is 79.9 Å². The number of carbonyl (C=O) groups excluding carboxylic acids is 1. The zero-order chi connectivity index (χ0) is 24.9. The van der Waals surface area contributed by atoms with Crippen molar-refractivity contribution >= 4 is 17.7 Å². The minimum Gasteiger partial charge on any atom is -0.465 e. The molecule has 5 atom stereocenters. The molecule has 1 saturated heterocycles. The molecule has 0 unspecified atom stereocenters. The first-order valence-electron chi connectivity index (χ1n) is 11.0. The molecule has 4 rings (SSSR count). The third-order valence-corrected chi connectivity index (χ3v) is 6.78. The molecule has 0 saturated carbocycles. The number of hydrogen-bond donors (Lipinski definition) is 3. The van der Waals surface area contributed by atoms with E-state index in [9.17, 15) is 20.1 Å². The smallest absolute Gasteiger partial charge is 0.340 e. The molecule has 2 heterocycles. The van der Waals surface area contributed by atoms with E-state index in [1.54, 1.807) is 30.5 Å². The number of benzene rings is 2. The number of ether oxygens (including phenoxy) is 3. The second kappa shape index (κ2) is 11.3. The molecular weight excluding hydrogens is 474 g/mol. The predicted octanol–water partition coefficient (Wildman–Crippen LogP) is 1.48. The number of nitrogens with zero attached hydrogens (tertiary/aromatic N) is 3. The molecule has 3 aromatic rings. The standard InChI is InChI=1S/C24H27N3O7S/c1-14-7-9-16(10-8-14)35-24-21(30)22(20(29)19(12-28)34-24)33-13-15-11-27(26-25-15)18-6-4-3-5-17(18)23(31)32-2/h3-11,19-22,24,28-30H,12-13H2,1-2H3/t19-,20+,21-,22+,24+/m1/s1. The predicted molar refractivity (Wildman–Crippen MR) is 126 cm³/mol. The molecule has 0 radical (unpaired) electrons. The van der Waals surface area contributed by atoms with Gasteiger partial charge in [0.15, 0.2) is 0 Å². The lowest BCUT2D eigenvalue weighted by atomic mass is 10.00. The number of esters is 1. The summed E-state index contributed by atoms with van der Waals surface area (Å²) in [6.45, 7) is 1.48. The largest absolute Gasteiger partial charge is 0.465 e. The molecule has 1 fully saturated rings. The molecule has 0 amide bonds. The van der Waals surface area contributed by atoms with Gasteiger partial charge in [-0.2, -0.15) is 0 Å². The summed E-state index contributed by atoms with van der Waals surface area (Å²) >= 11 is 1.29. The zero-order valence-electron chi connectivity index (χ0n) is 19.2. The second-order valence-corrected chi connectivity index (χ2v) is 9.25. The minimum absolute atomic E-state index is 0.0702. The molecule has 1 aromatic heterocycles. The number of hydrogen-bond acceptors (Lipinski definition) is 10. The van der Waals surface area contributed by atoms with Gasteiger partial charge >= 0.3 is 5.97 Å². The van der Waals surface area contributed by atoms with Crippen LogP contribution >= 0.6 is 11.8 Å². The monoisotopic (exact) mass is 501 g/mol. The summed E-state index contributed by atoms with van der Waals surface area (Å²) in [7, 11) is 1.30. The van der Waals surface area contributed by atoms with E-state index >= 15 is 0 Å². The Hall–Kier alpha value is -2.80. The number of thioether (sulfide) groups is 1. The maximum absolute atomic E-state index is 12.1. The van der Waals surface area contributed by atoms with Crippen LogP contribution in [0, 0.1) is 6.92 Å². The lowest BCUT2D eigenvalue weighted by Crippen LogP contribution is -2.58. The first-order chi connectivity index (χ1) is 16.9. The topological polar surface area (TPSA) is 136 Å². The van der Waals surface area contributed by atoms with Gasteiger partial charge in [0.1, 0.15) is 35.5 Å². The van der Waals surface area contributed by atoms with Crippen molar-refractivity contribution in [3.63, 3.8) is 0 Å². The van der Waals surface area contributed by atoms with Crippen LogP contribution in [0.2, 0.25) is 0 Å². The highest BCUT2D eigenvalue weighted by Crippen LogP contribution is 2.34. The number of aliphatic hydroxyl groups excluding tert-OH is 3. The summed E-state index contributed by atoms with van der Waals surface area (Å²) in [4.78, 5) is 12.9. The van der Waals surface area contributed by atoms with Gasteiger partial charge in [-0.1, -0.05) is 46.8 Å². The number of methoxy groups -OCH3 is 1. The van der Waals surface area contributed by atoms with Crippen molar-refractivity contribution in [2.45, 2.75) is 48.3 Å². The van der Waals surface area contributed by atoms with E-state index in [-0.39, 0.29) is 6.61 Å². The Labute approximate surface area is 206 Å². The first-order valence-corrected chi connectivity index (χ1v) is 11.9. The van der Waals surface area contributed by atoms with E-state index in [0.29, 0.717) is 16.9 Å². The lowest BCUT2D eigenvalue weighted by molar-refractivity contribution is -0.223. The summed E-state index contributed by atoms with van der Waals surface area (Å²) in [5, 5.41) is 39.4. The van der Waals surface area contributed by atoms with Gasteiger partial charge < -0.3 is 29.5 Å². The van der Waals surface area contributed by atoms with Gasteiger partial charge in [0.25, 0.3) is 0 Å². The molecule has 35 heavy (non-hydrogen) atoms. The Morgan fingerprint density at radius 2 is 1.89 bits per heavy atom. The SMILES string of the molecule is COC(=O)c1ccccc1-n1cc(CO[C@H]2[C@@H](O)[C@@H](CO)O[C@@H](Sc3ccc(C)cc3)[C@@H]2O)nn1. The molecule has 10 nitrogen and oxygen atoms in total. The number of rotatable bonds is 8. The van der Waals surface area contributed by atoms with Crippen molar-refractivity contribution in [1.82, 2.24) is 15.0 Å². The molecule has 0 bridgehead atoms. The first kappa shape index (κ1) is 25.3. The van der Waals surface area contributed by atoms with Gasteiger partial charge in [-0.15, -0.1) is 5.10 Å². The van der Waals surface area contributed by atoms with Crippen LogP contribution in [0.5, 0.6) is 0 Å². The summed E-state index contributed by atoms with van der Waals surface area (Å²) < 4.78 is 17.8. The number of aliphatic hydroxyl groups is 3. The average Bonchev–Trinajstić information content (AvgIpc) is 3.35. The van der Waals surface area contributed by atoms with E-state index in [2.05, 4.69) is 10.3 Å². The summed E-state index contributed by atoms with van der Waals surface area (Å²) in [6, 6.07) is 14.5. The molecular formula is C24H27N3O7S. The van der Waals surface area contributed by atoms with Gasteiger partial charge in [0.2, 0.25) is 0 Å².